The summed E-state index contributed by atoms with van der Waals surface area (Å²) in [5.74, 6) is 0.601. The first-order valence-electron chi connectivity index (χ1n) is 8.93. The molecule has 0 spiro atoms. The highest BCUT2D eigenvalue weighted by Crippen LogP contribution is 2.24. The van der Waals surface area contributed by atoms with Crippen LogP contribution in [0.3, 0.4) is 0 Å². The molecule has 0 fully saturated rings. The van der Waals surface area contributed by atoms with Crippen LogP contribution in [0.1, 0.15) is 30.0 Å². The van der Waals surface area contributed by atoms with E-state index in [-0.39, 0.29) is 11.7 Å². The number of amides is 1. The number of carbonyl (C=O) groups is 1. The minimum Gasteiger partial charge on any atom is -0.497 e. The van der Waals surface area contributed by atoms with Gasteiger partial charge < -0.3 is 9.64 Å². The van der Waals surface area contributed by atoms with Crippen LogP contribution in [0.25, 0.3) is 0 Å². The molecule has 0 bridgehead atoms. The summed E-state index contributed by atoms with van der Waals surface area (Å²) in [6, 6.07) is 12.5. The highest BCUT2D eigenvalue weighted by atomic mass is 32.2. The predicted octanol–water partition coefficient (Wildman–Crippen LogP) is 2.93. The maximum absolute atomic E-state index is 12.5. The number of rotatable bonds is 6. The largest absolute Gasteiger partial charge is 0.497 e. The molecule has 0 unspecified atom stereocenters. The molecule has 3 rings (SSSR count). The molecule has 0 atom stereocenters. The van der Waals surface area contributed by atoms with Gasteiger partial charge in [-0.05, 0) is 47.4 Å². The Hall–Kier alpha value is -2.54. The minimum atomic E-state index is -3.56. The number of carbonyl (C=O) groups excluding carboxylic acids is 1. The average molecular weight is 388 g/mol. The first kappa shape index (κ1) is 19.2. The number of nitrogens with zero attached hydrogens (tertiary/aromatic N) is 1. The Balaban J connectivity index is 1.74. The van der Waals surface area contributed by atoms with E-state index in [2.05, 4.69) is 4.72 Å². The van der Waals surface area contributed by atoms with Gasteiger partial charge in [-0.15, -0.1) is 0 Å². The van der Waals surface area contributed by atoms with Crippen LogP contribution in [0, 0.1) is 0 Å². The van der Waals surface area contributed by atoms with E-state index in [1.54, 1.807) is 37.4 Å². The van der Waals surface area contributed by atoms with Crippen LogP contribution in [0.4, 0.5) is 5.69 Å². The molecule has 0 aromatic heterocycles. The van der Waals surface area contributed by atoms with Crippen molar-refractivity contribution in [2.75, 3.05) is 18.4 Å². The fraction of sp³-hybridized carbons (Fsp3) is 0.350. The summed E-state index contributed by atoms with van der Waals surface area (Å²) in [6.45, 7) is 3.08. The van der Waals surface area contributed by atoms with Gasteiger partial charge in [0.15, 0.2) is 0 Å². The van der Waals surface area contributed by atoms with Crippen molar-refractivity contribution in [3.63, 3.8) is 0 Å². The van der Waals surface area contributed by atoms with Gasteiger partial charge in [0.25, 0.3) is 0 Å². The molecule has 0 saturated carbocycles. The highest BCUT2D eigenvalue weighted by Gasteiger charge is 2.20. The highest BCUT2D eigenvalue weighted by molar-refractivity contribution is 7.91. The lowest BCUT2D eigenvalue weighted by atomic mass is 9.99. The number of sulfonamides is 1. The van der Waals surface area contributed by atoms with Gasteiger partial charge in [-0.2, -0.15) is 0 Å². The number of ether oxygens (including phenoxy) is 1. The molecule has 144 valence electrons. The second-order valence-corrected chi connectivity index (χ2v) is 8.34. The number of benzene rings is 2. The molecule has 6 nitrogen and oxygen atoms in total. The van der Waals surface area contributed by atoms with Crippen LogP contribution in [-0.4, -0.2) is 32.9 Å². The Labute approximate surface area is 160 Å². The third kappa shape index (κ3) is 4.80. The van der Waals surface area contributed by atoms with Gasteiger partial charge >= 0.3 is 0 Å². The van der Waals surface area contributed by atoms with Crippen LogP contribution in [-0.2, 0) is 33.5 Å². The monoisotopic (exact) mass is 388 g/mol. The van der Waals surface area contributed by atoms with Crippen LogP contribution in [0.5, 0.6) is 5.75 Å². The van der Waals surface area contributed by atoms with E-state index < -0.39 is 10.0 Å². The standard InChI is InChI=1S/C20H24N2O4S/c1-3-20(23)22-10-9-16-7-8-18(12-17(16)13-22)21-27(24,25)14-15-5-4-6-19(11-15)26-2/h4-8,11-12,21H,3,9-10,13-14H2,1-2H3. The summed E-state index contributed by atoms with van der Waals surface area (Å²) in [7, 11) is -2.01. The summed E-state index contributed by atoms with van der Waals surface area (Å²) in [5.41, 5.74) is 3.32. The summed E-state index contributed by atoms with van der Waals surface area (Å²) in [4.78, 5) is 13.8. The Bertz CT molecular complexity index is 941. The smallest absolute Gasteiger partial charge is 0.236 e. The zero-order valence-electron chi connectivity index (χ0n) is 15.6. The van der Waals surface area contributed by atoms with Crippen molar-refractivity contribution < 1.29 is 17.9 Å². The van der Waals surface area contributed by atoms with Gasteiger partial charge in [0.2, 0.25) is 15.9 Å². The third-order valence-electron chi connectivity index (χ3n) is 4.64. The van der Waals surface area contributed by atoms with Crippen molar-refractivity contribution in [1.29, 1.82) is 0 Å². The fourth-order valence-corrected chi connectivity index (χ4v) is 4.43. The molecule has 7 heteroatoms. The van der Waals surface area contributed by atoms with Crippen LogP contribution < -0.4 is 9.46 Å². The van der Waals surface area contributed by atoms with Crippen molar-refractivity contribution in [3.05, 3.63) is 59.2 Å². The third-order valence-corrected chi connectivity index (χ3v) is 5.90. The average Bonchev–Trinajstić information content (AvgIpc) is 2.66. The van der Waals surface area contributed by atoms with Crippen LogP contribution in [0.2, 0.25) is 0 Å². The predicted molar refractivity (Wildman–Crippen MR) is 105 cm³/mol. The summed E-state index contributed by atoms with van der Waals surface area (Å²) in [5, 5.41) is 0. The molecule has 1 aliphatic heterocycles. The maximum Gasteiger partial charge on any atom is 0.236 e. The first-order chi connectivity index (χ1) is 12.9. The maximum atomic E-state index is 12.5. The van der Waals surface area contributed by atoms with E-state index in [0.29, 0.717) is 36.5 Å². The first-order valence-corrected chi connectivity index (χ1v) is 10.6. The molecule has 2 aromatic carbocycles. The molecule has 1 N–H and O–H groups in total. The molecule has 0 radical (unpaired) electrons. The molecule has 0 saturated heterocycles. The van der Waals surface area contributed by atoms with Gasteiger partial charge in [-0.25, -0.2) is 8.42 Å². The van der Waals surface area contributed by atoms with Gasteiger partial charge in [0.05, 0.1) is 12.9 Å². The zero-order chi connectivity index (χ0) is 19.4. The lowest BCUT2D eigenvalue weighted by Crippen LogP contribution is -2.35. The van der Waals surface area contributed by atoms with E-state index in [1.807, 2.05) is 24.0 Å². The van der Waals surface area contributed by atoms with Crippen molar-refractivity contribution in [2.45, 2.75) is 32.1 Å². The number of hydrogen-bond acceptors (Lipinski definition) is 4. The van der Waals surface area contributed by atoms with Crippen LogP contribution >= 0.6 is 0 Å². The number of methoxy groups -OCH3 is 1. The number of anilines is 1. The lowest BCUT2D eigenvalue weighted by molar-refractivity contribution is -0.131. The van der Waals surface area contributed by atoms with E-state index in [0.717, 1.165) is 17.5 Å². The van der Waals surface area contributed by atoms with E-state index in [9.17, 15) is 13.2 Å². The van der Waals surface area contributed by atoms with Crippen molar-refractivity contribution in [2.24, 2.45) is 0 Å². The second kappa shape index (κ2) is 8.00. The number of hydrogen-bond donors (Lipinski definition) is 1. The van der Waals surface area contributed by atoms with E-state index >= 15 is 0 Å². The molecular weight excluding hydrogens is 364 g/mol. The van der Waals surface area contributed by atoms with Crippen molar-refractivity contribution >= 4 is 21.6 Å². The zero-order valence-corrected chi connectivity index (χ0v) is 16.4. The molecule has 0 aliphatic carbocycles. The Morgan fingerprint density at radius 1 is 1.19 bits per heavy atom. The molecule has 27 heavy (non-hydrogen) atoms. The van der Waals surface area contributed by atoms with Gasteiger partial charge in [0, 0.05) is 25.2 Å². The second-order valence-electron chi connectivity index (χ2n) is 6.62. The number of nitrogens with one attached hydrogen (secondary N) is 1. The van der Waals surface area contributed by atoms with Crippen LogP contribution in [0.15, 0.2) is 42.5 Å². The summed E-state index contributed by atoms with van der Waals surface area (Å²) >= 11 is 0. The normalized spacial score (nSPS) is 13.8. The molecular formula is C20H24N2O4S. The summed E-state index contributed by atoms with van der Waals surface area (Å²) < 4.78 is 32.9. The van der Waals surface area contributed by atoms with Gasteiger partial charge in [0.1, 0.15) is 5.75 Å². The Morgan fingerprint density at radius 3 is 2.74 bits per heavy atom. The van der Waals surface area contributed by atoms with E-state index in [1.165, 1.54) is 0 Å². The summed E-state index contributed by atoms with van der Waals surface area (Å²) in [6.07, 6.45) is 1.26. The minimum absolute atomic E-state index is 0.115. The van der Waals surface area contributed by atoms with Gasteiger partial charge in [-0.3, -0.25) is 9.52 Å². The fourth-order valence-electron chi connectivity index (χ4n) is 3.25. The Kier molecular flexibility index (Phi) is 5.70. The lowest BCUT2D eigenvalue weighted by Gasteiger charge is -2.29. The topological polar surface area (TPSA) is 75.7 Å². The van der Waals surface area contributed by atoms with Gasteiger partial charge in [-0.1, -0.05) is 25.1 Å². The van der Waals surface area contributed by atoms with Crippen molar-refractivity contribution in [1.82, 2.24) is 4.90 Å². The number of fused-ring (bicyclic) bond motifs is 1. The van der Waals surface area contributed by atoms with E-state index in [4.69, 9.17) is 4.74 Å². The molecule has 1 heterocycles. The molecule has 1 aliphatic rings. The molecule has 2 aromatic rings. The Morgan fingerprint density at radius 2 is 2.00 bits per heavy atom. The molecule has 1 amide bonds. The quantitative estimate of drug-likeness (QED) is 0.826. The van der Waals surface area contributed by atoms with Crippen molar-refractivity contribution in [3.8, 4) is 5.75 Å². The SMILES string of the molecule is CCC(=O)N1CCc2ccc(NS(=O)(=O)Cc3cccc(OC)c3)cc2C1.